The Balaban J connectivity index is 3.10. The van der Waals surface area contributed by atoms with Gasteiger partial charge in [-0.05, 0) is 31.3 Å². The van der Waals surface area contributed by atoms with Gasteiger partial charge in [0.2, 0.25) is 9.69 Å². The van der Waals surface area contributed by atoms with Crippen molar-refractivity contribution >= 4 is 58.0 Å². The van der Waals surface area contributed by atoms with Gasteiger partial charge in [0.15, 0.2) is 11.3 Å². The summed E-state index contributed by atoms with van der Waals surface area (Å²) in [5.74, 6) is 5.50. The fraction of sp³-hybridized carbons (Fsp3) is 0.333. The molecule has 0 spiro atoms. The Morgan fingerprint density at radius 2 is 1.90 bits per heavy atom. The highest BCUT2D eigenvalue weighted by molar-refractivity contribution is 7.80. The molecule has 0 heterocycles. The number of rotatable bonds is 3. The predicted molar refractivity (Wildman–Crippen MR) is 91.9 cm³/mol. The lowest BCUT2D eigenvalue weighted by molar-refractivity contribution is 0.397. The second kappa shape index (κ2) is 8.00. The Bertz CT molecular complexity index is 516. The molecule has 4 N–H and O–H groups in total. The highest BCUT2D eigenvalue weighted by atomic mass is 35.6. The average molecular weight is 370 g/mol. The lowest BCUT2D eigenvalue weighted by Crippen LogP contribution is -2.49. The number of nitrogens with zero attached hydrogens (tertiary/aromatic N) is 1. The summed E-state index contributed by atoms with van der Waals surface area (Å²) >= 11 is 22.6. The fourth-order valence-corrected chi connectivity index (χ4v) is 1.83. The monoisotopic (exact) mass is 368 g/mol. The SMILES string of the molecule is COC(=N[C@@H](NC(=S)NN)C(Cl)(Cl)Cl)c1ccc(C)cc1. The van der Waals surface area contributed by atoms with Crippen LogP contribution in [0.2, 0.25) is 0 Å². The summed E-state index contributed by atoms with van der Waals surface area (Å²) < 4.78 is 3.52. The minimum absolute atomic E-state index is 0.0921. The molecule has 0 aliphatic heterocycles. The van der Waals surface area contributed by atoms with Crippen molar-refractivity contribution in [3.8, 4) is 0 Å². The van der Waals surface area contributed by atoms with Gasteiger partial charge in [-0.25, -0.2) is 10.8 Å². The largest absolute Gasteiger partial charge is 0.481 e. The van der Waals surface area contributed by atoms with Crippen molar-refractivity contribution in [2.75, 3.05) is 7.11 Å². The average Bonchev–Trinajstić information content (AvgIpc) is 2.43. The van der Waals surface area contributed by atoms with E-state index in [9.17, 15) is 0 Å². The quantitative estimate of drug-likeness (QED) is 0.191. The van der Waals surface area contributed by atoms with E-state index in [1.807, 2.05) is 31.2 Å². The van der Waals surface area contributed by atoms with E-state index in [0.29, 0.717) is 5.90 Å². The first kappa shape index (κ1) is 18.3. The van der Waals surface area contributed by atoms with Crippen LogP contribution in [0, 0.1) is 6.92 Å². The highest BCUT2D eigenvalue weighted by Crippen LogP contribution is 2.31. The van der Waals surface area contributed by atoms with Crippen LogP contribution in [0.5, 0.6) is 0 Å². The smallest absolute Gasteiger partial charge is 0.230 e. The van der Waals surface area contributed by atoms with Crippen molar-refractivity contribution < 1.29 is 4.74 Å². The van der Waals surface area contributed by atoms with Crippen LogP contribution in [-0.2, 0) is 4.74 Å². The molecule has 1 aromatic rings. The first-order valence-corrected chi connectivity index (χ1v) is 7.34. The third kappa shape index (κ3) is 5.84. The van der Waals surface area contributed by atoms with Gasteiger partial charge in [0.05, 0.1) is 7.11 Å². The molecule has 0 fully saturated rings. The minimum atomic E-state index is -1.74. The summed E-state index contributed by atoms with van der Waals surface area (Å²) in [4.78, 5) is 4.26. The van der Waals surface area contributed by atoms with E-state index < -0.39 is 9.96 Å². The number of aryl methyl sites for hydroxylation is 1. The molecule has 5 nitrogen and oxygen atoms in total. The number of thiocarbonyl (C=S) groups is 1. The molecule has 9 heteroatoms. The van der Waals surface area contributed by atoms with Gasteiger partial charge in [-0.1, -0.05) is 52.5 Å². The van der Waals surface area contributed by atoms with Crippen LogP contribution in [0.4, 0.5) is 0 Å². The van der Waals surface area contributed by atoms with Gasteiger partial charge in [-0.2, -0.15) is 0 Å². The zero-order valence-corrected chi connectivity index (χ0v) is 14.4. The first-order valence-electron chi connectivity index (χ1n) is 5.80. The van der Waals surface area contributed by atoms with E-state index in [0.717, 1.165) is 11.1 Å². The first-order chi connectivity index (χ1) is 9.77. The standard InChI is InChI=1S/C12H15Cl3N4OS/c1-7-3-5-8(6-4-7)9(20-2)17-10(12(13,14)15)18-11(21)19-16/h3-6,10H,16H2,1-2H3,(H2,18,19,21)/t10-/m0/s1. The van der Waals surface area contributed by atoms with Crippen LogP contribution in [0.15, 0.2) is 29.3 Å². The number of alkyl halides is 3. The molecule has 0 aromatic heterocycles. The maximum atomic E-state index is 5.89. The zero-order chi connectivity index (χ0) is 16.0. The van der Waals surface area contributed by atoms with Crippen molar-refractivity contribution in [2.24, 2.45) is 10.8 Å². The number of hydrogen-bond acceptors (Lipinski definition) is 4. The Kier molecular flexibility index (Phi) is 6.96. The molecule has 1 atom stereocenters. The number of nitrogens with one attached hydrogen (secondary N) is 2. The normalized spacial score (nSPS) is 13.5. The van der Waals surface area contributed by atoms with E-state index in [-0.39, 0.29) is 5.11 Å². The number of hydrogen-bond donors (Lipinski definition) is 3. The molecule has 1 rings (SSSR count). The molecule has 0 saturated carbocycles. The molecule has 0 aliphatic rings. The number of halogens is 3. The van der Waals surface area contributed by atoms with Crippen LogP contribution in [0.25, 0.3) is 0 Å². The highest BCUT2D eigenvalue weighted by Gasteiger charge is 2.33. The van der Waals surface area contributed by atoms with Crippen LogP contribution in [0.1, 0.15) is 11.1 Å². The van der Waals surface area contributed by atoms with Gasteiger partial charge >= 0.3 is 0 Å². The number of hydrazine groups is 1. The molecule has 116 valence electrons. The predicted octanol–water partition coefficient (Wildman–Crippen LogP) is 2.42. The van der Waals surface area contributed by atoms with E-state index >= 15 is 0 Å². The van der Waals surface area contributed by atoms with Gasteiger partial charge < -0.3 is 15.5 Å². The maximum Gasteiger partial charge on any atom is 0.230 e. The lowest BCUT2D eigenvalue weighted by atomic mass is 10.1. The fourth-order valence-electron chi connectivity index (χ4n) is 1.41. The van der Waals surface area contributed by atoms with Crippen molar-refractivity contribution in [1.29, 1.82) is 0 Å². The number of aliphatic imine (C=N–C) groups is 1. The summed E-state index contributed by atoms with van der Waals surface area (Å²) in [6, 6.07) is 7.56. The summed E-state index contributed by atoms with van der Waals surface area (Å²) in [5, 5.41) is 2.78. The summed E-state index contributed by atoms with van der Waals surface area (Å²) in [5.41, 5.74) is 4.10. The second-order valence-electron chi connectivity index (χ2n) is 4.07. The van der Waals surface area contributed by atoms with Gasteiger partial charge in [0.1, 0.15) is 0 Å². The van der Waals surface area contributed by atoms with Crippen LogP contribution in [-0.4, -0.2) is 28.1 Å². The van der Waals surface area contributed by atoms with Gasteiger partial charge in [0.25, 0.3) is 0 Å². The maximum absolute atomic E-state index is 5.89. The van der Waals surface area contributed by atoms with E-state index in [2.05, 4.69) is 15.7 Å². The molecular formula is C12H15Cl3N4OS. The Morgan fingerprint density at radius 3 is 2.33 bits per heavy atom. The topological polar surface area (TPSA) is 71.7 Å². The van der Waals surface area contributed by atoms with E-state index in [1.165, 1.54) is 7.11 Å². The summed E-state index contributed by atoms with van der Waals surface area (Å²) in [6.07, 6.45) is -0.970. The zero-order valence-electron chi connectivity index (χ0n) is 11.4. The summed E-state index contributed by atoms with van der Waals surface area (Å²) in [6.45, 7) is 1.98. The molecule has 0 unspecified atom stereocenters. The molecular weight excluding hydrogens is 355 g/mol. The van der Waals surface area contributed by atoms with Gasteiger partial charge in [-0.15, -0.1) is 0 Å². The molecule has 1 aromatic carbocycles. The van der Waals surface area contributed by atoms with Gasteiger partial charge in [-0.3, -0.25) is 0 Å². The van der Waals surface area contributed by atoms with Gasteiger partial charge in [0, 0.05) is 5.56 Å². The van der Waals surface area contributed by atoms with E-state index in [1.54, 1.807) is 0 Å². The number of methoxy groups -OCH3 is 1. The van der Waals surface area contributed by atoms with E-state index in [4.69, 9.17) is 57.6 Å². The van der Waals surface area contributed by atoms with Crippen molar-refractivity contribution in [3.05, 3.63) is 35.4 Å². The minimum Gasteiger partial charge on any atom is -0.481 e. The third-order valence-electron chi connectivity index (χ3n) is 2.45. The molecule has 0 saturated heterocycles. The van der Waals surface area contributed by atoms with Crippen LogP contribution < -0.4 is 16.6 Å². The van der Waals surface area contributed by atoms with Crippen molar-refractivity contribution in [2.45, 2.75) is 16.9 Å². The van der Waals surface area contributed by atoms with Crippen molar-refractivity contribution in [1.82, 2.24) is 10.7 Å². The number of nitrogens with two attached hydrogens (primary N) is 1. The third-order valence-corrected chi connectivity index (χ3v) is 3.30. The Labute approximate surface area is 143 Å². The molecule has 21 heavy (non-hydrogen) atoms. The van der Waals surface area contributed by atoms with Crippen molar-refractivity contribution in [3.63, 3.8) is 0 Å². The van der Waals surface area contributed by atoms with Crippen LogP contribution in [0.3, 0.4) is 0 Å². The lowest BCUT2D eigenvalue weighted by Gasteiger charge is -2.23. The summed E-state index contributed by atoms with van der Waals surface area (Å²) in [7, 11) is 1.48. The molecule has 0 amide bonds. The second-order valence-corrected chi connectivity index (χ2v) is 6.84. The Morgan fingerprint density at radius 1 is 1.33 bits per heavy atom. The molecule has 0 aliphatic carbocycles. The Hall–Kier alpha value is -0.790. The van der Waals surface area contributed by atoms with Crippen LogP contribution >= 0.6 is 47.0 Å². The number of ether oxygens (including phenoxy) is 1. The molecule has 0 bridgehead atoms. The molecule has 0 radical (unpaired) electrons. The number of benzene rings is 1.